The highest BCUT2D eigenvalue weighted by Gasteiger charge is 2.04. The minimum absolute atomic E-state index is 0.623. The molecule has 0 amide bonds. The van der Waals surface area contributed by atoms with E-state index < -0.39 is 0 Å². The summed E-state index contributed by atoms with van der Waals surface area (Å²) in [5, 5.41) is 2.66. The highest BCUT2D eigenvalue weighted by Crippen LogP contribution is 2.24. The zero-order valence-corrected chi connectivity index (χ0v) is 8.67. The average Bonchev–Trinajstić information content (AvgIpc) is 2.23. The molecule has 0 bridgehead atoms. The largest absolute Gasteiger partial charge is 0.326 e. The molecule has 1 nitrogen and oxygen atoms in total. The van der Waals surface area contributed by atoms with Crippen molar-refractivity contribution < 1.29 is 0 Å². The highest BCUT2D eigenvalue weighted by atomic mass is 14.5. The molecule has 0 aliphatic carbocycles. The van der Waals surface area contributed by atoms with Crippen molar-refractivity contribution in [3.8, 4) is 0 Å². The van der Waals surface area contributed by atoms with Gasteiger partial charge in [0.25, 0.3) is 0 Å². The first kappa shape index (κ1) is 9.22. The third kappa shape index (κ3) is 1.30. The van der Waals surface area contributed by atoms with Crippen LogP contribution in [0.1, 0.15) is 16.7 Å². The molecule has 2 N–H and O–H groups in total. The van der Waals surface area contributed by atoms with Crippen LogP contribution in [0, 0.1) is 13.8 Å². The molecule has 0 unspecified atom stereocenters. The van der Waals surface area contributed by atoms with Crippen molar-refractivity contribution in [1.29, 1.82) is 0 Å². The van der Waals surface area contributed by atoms with Crippen LogP contribution in [0.25, 0.3) is 10.8 Å². The molecule has 0 aliphatic rings. The number of aryl methyl sites for hydroxylation is 2. The summed E-state index contributed by atoms with van der Waals surface area (Å²) in [6.07, 6.45) is 0. The lowest BCUT2D eigenvalue weighted by molar-refractivity contribution is 1.05. The standard InChI is InChI=1S/C13H15N/c1-9-7-11(8-14)10(2)13-6-4-3-5-12(9)13/h3-7H,8,14H2,1-2H3. The third-order valence-electron chi connectivity index (χ3n) is 2.85. The van der Waals surface area contributed by atoms with Crippen LogP contribution in [0.15, 0.2) is 30.3 Å². The van der Waals surface area contributed by atoms with E-state index in [9.17, 15) is 0 Å². The first-order chi connectivity index (χ1) is 6.74. The summed E-state index contributed by atoms with van der Waals surface area (Å²) in [6.45, 7) is 4.91. The Hall–Kier alpha value is -1.34. The van der Waals surface area contributed by atoms with Crippen LogP contribution in [-0.2, 0) is 6.54 Å². The molecule has 2 rings (SSSR count). The summed E-state index contributed by atoms with van der Waals surface area (Å²) in [4.78, 5) is 0. The van der Waals surface area contributed by atoms with E-state index in [4.69, 9.17) is 5.73 Å². The van der Waals surface area contributed by atoms with E-state index in [0.29, 0.717) is 6.54 Å². The number of rotatable bonds is 1. The van der Waals surface area contributed by atoms with Gasteiger partial charge in [-0.25, -0.2) is 0 Å². The molecular weight excluding hydrogens is 170 g/mol. The smallest absolute Gasteiger partial charge is 0.0181 e. The minimum atomic E-state index is 0.623. The monoisotopic (exact) mass is 185 g/mol. The predicted octanol–water partition coefficient (Wildman–Crippen LogP) is 2.92. The molecule has 0 saturated carbocycles. The van der Waals surface area contributed by atoms with Crippen molar-refractivity contribution in [2.75, 3.05) is 0 Å². The third-order valence-corrected chi connectivity index (χ3v) is 2.85. The van der Waals surface area contributed by atoms with Gasteiger partial charge in [0.15, 0.2) is 0 Å². The Kier molecular flexibility index (Phi) is 2.26. The molecular formula is C13H15N. The van der Waals surface area contributed by atoms with Crippen LogP contribution < -0.4 is 5.73 Å². The highest BCUT2D eigenvalue weighted by molar-refractivity contribution is 5.89. The van der Waals surface area contributed by atoms with Crippen LogP contribution in [0.4, 0.5) is 0 Å². The van der Waals surface area contributed by atoms with Crippen molar-refractivity contribution in [2.24, 2.45) is 5.73 Å². The van der Waals surface area contributed by atoms with Crippen LogP contribution in [0.2, 0.25) is 0 Å². The van der Waals surface area contributed by atoms with Crippen LogP contribution >= 0.6 is 0 Å². The molecule has 0 radical (unpaired) electrons. The lowest BCUT2D eigenvalue weighted by Gasteiger charge is -2.10. The maximum atomic E-state index is 5.71. The summed E-state index contributed by atoms with van der Waals surface area (Å²) >= 11 is 0. The molecule has 2 aromatic carbocycles. The SMILES string of the molecule is Cc1cc(CN)c(C)c2ccccc12. The second-order valence-corrected chi connectivity index (χ2v) is 3.73. The molecule has 0 fully saturated rings. The van der Waals surface area contributed by atoms with E-state index in [1.54, 1.807) is 0 Å². The van der Waals surface area contributed by atoms with Crippen LogP contribution in [-0.4, -0.2) is 0 Å². The zero-order valence-electron chi connectivity index (χ0n) is 8.67. The Balaban J connectivity index is 2.87. The fraction of sp³-hybridized carbons (Fsp3) is 0.231. The summed E-state index contributed by atoms with van der Waals surface area (Å²) in [6, 6.07) is 10.7. The molecule has 0 spiro atoms. The van der Waals surface area contributed by atoms with E-state index in [2.05, 4.69) is 44.2 Å². The minimum Gasteiger partial charge on any atom is -0.326 e. The summed E-state index contributed by atoms with van der Waals surface area (Å²) < 4.78 is 0. The van der Waals surface area contributed by atoms with Gasteiger partial charge in [-0.05, 0) is 41.3 Å². The van der Waals surface area contributed by atoms with E-state index in [1.165, 1.54) is 27.5 Å². The number of fused-ring (bicyclic) bond motifs is 1. The Bertz CT molecular complexity index is 472. The van der Waals surface area contributed by atoms with Crippen molar-refractivity contribution in [3.05, 3.63) is 47.0 Å². The average molecular weight is 185 g/mol. The van der Waals surface area contributed by atoms with Crippen molar-refractivity contribution in [2.45, 2.75) is 20.4 Å². The van der Waals surface area contributed by atoms with Gasteiger partial charge in [-0.3, -0.25) is 0 Å². The van der Waals surface area contributed by atoms with Gasteiger partial charge in [-0.2, -0.15) is 0 Å². The number of nitrogens with two attached hydrogens (primary N) is 1. The first-order valence-electron chi connectivity index (χ1n) is 4.92. The lowest BCUT2D eigenvalue weighted by Crippen LogP contribution is -2.00. The van der Waals surface area contributed by atoms with Gasteiger partial charge in [0.2, 0.25) is 0 Å². The van der Waals surface area contributed by atoms with Gasteiger partial charge >= 0.3 is 0 Å². The van der Waals surface area contributed by atoms with Gasteiger partial charge in [-0.1, -0.05) is 30.3 Å². The Labute approximate surface area is 84.5 Å². The number of hydrogen-bond acceptors (Lipinski definition) is 1. The second kappa shape index (κ2) is 3.43. The Morgan fingerprint density at radius 1 is 1.07 bits per heavy atom. The molecule has 1 heteroatoms. The maximum absolute atomic E-state index is 5.71. The molecule has 0 saturated heterocycles. The fourth-order valence-electron chi connectivity index (χ4n) is 1.99. The molecule has 2 aromatic rings. The predicted molar refractivity (Wildman–Crippen MR) is 61.3 cm³/mol. The van der Waals surface area contributed by atoms with Gasteiger partial charge < -0.3 is 5.73 Å². The van der Waals surface area contributed by atoms with Gasteiger partial charge in [0.05, 0.1) is 0 Å². The van der Waals surface area contributed by atoms with E-state index in [1.807, 2.05) is 0 Å². The summed E-state index contributed by atoms with van der Waals surface area (Å²) in [5.74, 6) is 0. The van der Waals surface area contributed by atoms with Gasteiger partial charge in [-0.15, -0.1) is 0 Å². The molecule has 0 heterocycles. The molecule has 0 aliphatic heterocycles. The molecule has 14 heavy (non-hydrogen) atoms. The maximum Gasteiger partial charge on any atom is 0.0181 e. The summed E-state index contributed by atoms with van der Waals surface area (Å²) in [5.41, 5.74) is 9.59. The summed E-state index contributed by atoms with van der Waals surface area (Å²) in [7, 11) is 0. The topological polar surface area (TPSA) is 26.0 Å². The van der Waals surface area contributed by atoms with E-state index >= 15 is 0 Å². The van der Waals surface area contributed by atoms with Crippen molar-refractivity contribution in [1.82, 2.24) is 0 Å². The zero-order chi connectivity index (χ0) is 10.1. The number of benzene rings is 2. The van der Waals surface area contributed by atoms with E-state index in [0.717, 1.165) is 0 Å². The molecule has 0 atom stereocenters. The van der Waals surface area contributed by atoms with Gasteiger partial charge in [0, 0.05) is 6.54 Å². The quantitative estimate of drug-likeness (QED) is 0.726. The molecule has 0 aromatic heterocycles. The normalized spacial score (nSPS) is 10.8. The number of hydrogen-bond donors (Lipinski definition) is 1. The van der Waals surface area contributed by atoms with Crippen molar-refractivity contribution in [3.63, 3.8) is 0 Å². The van der Waals surface area contributed by atoms with Crippen LogP contribution in [0.3, 0.4) is 0 Å². The fourth-order valence-corrected chi connectivity index (χ4v) is 1.99. The lowest BCUT2D eigenvalue weighted by atomic mass is 9.96. The Morgan fingerprint density at radius 3 is 2.36 bits per heavy atom. The first-order valence-corrected chi connectivity index (χ1v) is 4.92. The van der Waals surface area contributed by atoms with Crippen molar-refractivity contribution >= 4 is 10.8 Å². The van der Waals surface area contributed by atoms with E-state index in [-0.39, 0.29) is 0 Å². The van der Waals surface area contributed by atoms with Crippen LogP contribution in [0.5, 0.6) is 0 Å². The second-order valence-electron chi connectivity index (χ2n) is 3.73. The molecule has 72 valence electrons. The van der Waals surface area contributed by atoms with Gasteiger partial charge in [0.1, 0.15) is 0 Å². The Morgan fingerprint density at radius 2 is 1.71 bits per heavy atom.